The highest BCUT2D eigenvalue weighted by Crippen LogP contribution is 2.24. The number of pyridine rings is 1. The molecule has 4 heteroatoms. The predicted octanol–water partition coefficient (Wildman–Crippen LogP) is 3.58. The van der Waals surface area contributed by atoms with Crippen LogP contribution in [0.25, 0.3) is 0 Å². The first kappa shape index (κ1) is 13.0. The second-order valence-corrected chi connectivity index (χ2v) is 5.42. The van der Waals surface area contributed by atoms with Crippen LogP contribution in [0.3, 0.4) is 0 Å². The molecule has 0 saturated heterocycles. The first-order valence-corrected chi connectivity index (χ1v) is 7.03. The number of nitriles is 1. The van der Waals surface area contributed by atoms with Gasteiger partial charge >= 0.3 is 0 Å². The lowest BCUT2D eigenvalue weighted by Gasteiger charge is -2.26. The summed E-state index contributed by atoms with van der Waals surface area (Å²) in [6, 6.07) is 14.3. The van der Waals surface area contributed by atoms with Gasteiger partial charge < -0.3 is 5.32 Å². The van der Waals surface area contributed by atoms with Gasteiger partial charge in [0.1, 0.15) is 11.0 Å². The van der Waals surface area contributed by atoms with E-state index in [4.69, 9.17) is 16.9 Å². The quantitative estimate of drug-likeness (QED) is 0.857. The normalized spacial score (nSPS) is 17.1. The van der Waals surface area contributed by atoms with E-state index in [0.29, 0.717) is 22.6 Å². The molecule has 0 saturated carbocycles. The van der Waals surface area contributed by atoms with E-state index < -0.39 is 0 Å². The Bertz CT molecular complexity index is 676. The van der Waals surface area contributed by atoms with E-state index in [1.54, 1.807) is 12.1 Å². The first-order valence-electron chi connectivity index (χ1n) is 6.65. The molecular formula is C16H14ClN3. The van der Waals surface area contributed by atoms with Crippen molar-refractivity contribution in [3.05, 3.63) is 58.2 Å². The Labute approximate surface area is 123 Å². The van der Waals surface area contributed by atoms with Crippen molar-refractivity contribution in [3.8, 4) is 6.07 Å². The van der Waals surface area contributed by atoms with E-state index in [0.717, 1.165) is 19.3 Å². The van der Waals surface area contributed by atoms with Gasteiger partial charge in [0.25, 0.3) is 0 Å². The van der Waals surface area contributed by atoms with Crippen LogP contribution in [-0.4, -0.2) is 11.0 Å². The molecule has 1 atom stereocenters. The molecule has 100 valence electrons. The molecule has 0 bridgehead atoms. The molecule has 1 heterocycles. The van der Waals surface area contributed by atoms with E-state index in [1.807, 2.05) is 0 Å². The molecule has 0 radical (unpaired) electrons. The Morgan fingerprint density at radius 2 is 2.05 bits per heavy atom. The SMILES string of the molecule is N#Cc1cc(Cl)nc(NC2CCc3ccccc3C2)c1. The minimum atomic E-state index is 0.336. The molecule has 20 heavy (non-hydrogen) atoms. The summed E-state index contributed by atoms with van der Waals surface area (Å²) in [5.74, 6) is 0.679. The molecule has 2 aromatic rings. The summed E-state index contributed by atoms with van der Waals surface area (Å²) in [6.07, 6.45) is 3.11. The Balaban J connectivity index is 1.77. The number of nitrogens with one attached hydrogen (secondary N) is 1. The molecule has 1 unspecified atom stereocenters. The van der Waals surface area contributed by atoms with Crippen LogP contribution in [-0.2, 0) is 12.8 Å². The maximum Gasteiger partial charge on any atom is 0.132 e. The number of nitrogens with zero attached hydrogens (tertiary/aromatic N) is 2. The molecule has 1 N–H and O–H groups in total. The van der Waals surface area contributed by atoms with Crippen LogP contribution in [0.2, 0.25) is 5.15 Å². The Morgan fingerprint density at radius 1 is 1.25 bits per heavy atom. The molecule has 3 nitrogen and oxygen atoms in total. The molecule has 0 fully saturated rings. The van der Waals surface area contributed by atoms with Crippen molar-refractivity contribution in [3.63, 3.8) is 0 Å². The summed E-state index contributed by atoms with van der Waals surface area (Å²) in [5, 5.41) is 12.7. The van der Waals surface area contributed by atoms with E-state index in [9.17, 15) is 0 Å². The molecule has 0 amide bonds. The number of fused-ring (bicyclic) bond motifs is 1. The summed E-state index contributed by atoms with van der Waals surface area (Å²) in [5.41, 5.74) is 3.35. The zero-order valence-electron chi connectivity index (χ0n) is 10.9. The van der Waals surface area contributed by atoms with E-state index in [1.165, 1.54) is 11.1 Å². The maximum absolute atomic E-state index is 8.96. The molecule has 0 aliphatic heterocycles. The molecule has 1 aromatic carbocycles. The summed E-state index contributed by atoms with van der Waals surface area (Å²) < 4.78 is 0. The fourth-order valence-electron chi connectivity index (χ4n) is 2.67. The van der Waals surface area contributed by atoms with Crippen LogP contribution in [0, 0.1) is 11.3 Å². The van der Waals surface area contributed by atoms with E-state index in [2.05, 4.69) is 40.6 Å². The average molecular weight is 284 g/mol. The van der Waals surface area contributed by atoms with Gasteiger partial charge in [0.05, 0.1) is 11.6 Å². The van der Waals surface area contributed by atoms with Crippen molar-refractivity contribution in [2.24, 2.45) is 0 Å². The fraction of sp³-hybridized carbons (Fsp3) is 0.250. The number of hydrogen-bond donors (Lipinski definition) is 1. The number of aromatic nitrogens is 1. The van der Waals surface area contributed by atoms with Gasteiger partial charge in [-0.25, -0.2) is 4.98 Å². The summed E-state index contributed by atoms with van der Waals surface area (Å²) in [6.45, 7) is 0. The van der Waals surface area contributed by atoms with Crippen LogP contribution >= 0.6 is 11.6 Å². The number of benzene rings is 1. The zero-order valence-corrected chi connectivity index (χ0v) is 11.7. The standard InChI is InChI=1S/C16H14ClN3/c17-15-7-11(10-18)8-16(20-15)19-14-6-5-12-3-1-2-4-13(12)9-14/h1-4,7-8,14H,5-6,9H2,(H,19,20). The minimum Gasteiger partial charge on any atom is -0.367 e. The monoisotopic (exact) mass is 283 g/mol. The summed E-state index contributed by atoms with van der Waals surface area (Å²) in [4.78, 5) is 4.24. The molecule has 0 spiro atoms. The first-order chi connectivity index (χ1) is 9.74. The third kappa shape index (κ3) is 2.76. The van der Waals surface area contributed by atoms with Crippen molar-refractivity contribution in [1.29, 1.82) is 5.26 Å². The van der Waals surface area contributed by atoms with Crippen LogP contribution in [0.4, 0.5) is 5.82 Å². The van der Waals surface area contributed by atoms with Crippen molar-refractivity contribution < 1.29 is 0 Å². The Hall–Kier alpha value is -2.05. The zero-order chi connectivity index (χ0) is 13.9. The highest BCUT2D eigenvalue weighted by atomic mass is 35.5. The van der Waals surface area contributed by atoms with Crippen LogP contribution in [0.1, 0.15) is 23.1 Å². The number of hydrogen-bond acceptors (Lipinski definition) is 3. The van der Waals surface area contributed by atoms with E-state index in [-0.39, 0.29) is 0 Å². The van der Waals surface area contributed by atoms with Crippen molar-refractivity contribution in [1.82, 2.24) is 4.98 Å². The third-order valence-corrected chi connectivity index (χ3v) is 3.82. The topological polar surface area (TPSA) is 48.7 Å². The molecule has 3 rings (SSSR count). The average Bonchev–Trinajstić information content (AvgIpc) is 2.46. The van der Waals surface area contributed by atoms with Crippen LogP contribution < -0.4 is 5.32 Å². The highest BCUT2D eigenvalue weighted by molar-refractivity contribution is 6.29. The lowest BCUT2D eigenvalue weighted by Crippen LogP contribution is -2.27. The van der Waals surface area contributed by atoms with Gasteiger partial charge in [-0.05, 0) is 42.5 Å². The molecule has 1 aliphatic carbocycles. The second kappa shape index (κ2) is 5.52. The lowest BCUT2D eigenvalue weighted by atomic mass is 9.88. The van der Waals surface area contributed by atoms with Gasteiger partial charge in [0.15, 0.2) is 0 Å². The summed E-state index contributed by atoms with van der Waals surface area (Å²) in [7, 11) is 0. The highest BCUT2D eigenvalue weighted by Gasteiger charge is 2.18. The van der Waals surface area contributed by atoms with Gasteiger partial charge in [-0.3, -0.25) is 0 Å². The van der Waals surface area contributed by atoms with Gasteiger partial charge in [-0.1, -0.05) is 35.9 Å². The van der Waals surface area contributed by atoms with Gasteiger partial charge in [0.2, 0.25) is 0 Å². The molecular weight excluding hydrogens is 270 g/mol. The number of anilines is 1. The number of halogens is 1. The minimum absolute atomic E-state index is 0.336. The summed E-state index contributed by atoms with van der Waals surface area (Å²) >= 11 is 5.93. The number of aryl methyl sites for hydroxylation is 1. The van der Waals surface area contributed by atoms with Gasteiger partial charge in [-0.2, -0.15) is 5.26 Å². The van der Waals surface area contributed by atoms with Crippen molar-refractivity contribution >= 4 is 17.4 Å². The largest absolute Gasteiger partial charge is 0.367 e. The molecule has 1 aliphatic rings. The molecule has 1 aromatic heterocycles. The van der Waals surface area contributed by atoms with Crippen molar-refractivity contribution in [2.75, 3.05) is 5.32 Å². The predicted molar refractivity (Wildman–Crippen MR) is 79.8 cm³/mol. The Morgan fingerprint density at radius 3 is 2.85 bits per heavy atom. The lowest BCUT2D eigenvalue weighted by molar-refractivity contribution is 0.609. The Kier molecular flexibility index (Phi) is 3.58. The fourth-order valence-corrected chi connectivity index (χ4v) is 2.87. The number of rotatable bonds is 2. The van der Waals surface area contributed by atoms with Gasteiger partial charge in [-0.15, -0.1) is 0 Å². The van der Waals surface area contributed by atoms with Crippen molar-refractivity contribution in [2.45, 2.75) is 25.3 Å². The second-order valence-electron chi connectivity index (χ2n) is 5.03. The third-order valence-electron chi connectivity index (χ3n) is 3.62. The van der Waals surface area contributed by atoms with Crippen LogP contribution in [0.15, 0.2) is 36.4 Å². The smallest absolute Gasteiger partial charge is 0.132 e. The van der Waals surface area contributed by atoms with Crippen LogP contribution in [0.5, 0.6) is 0 Å². The van der Waals surface area contributed by atoms with E-state index >= 15 is 0 Å². The van der Waals surface area contributed by atoms with Gasteiger partial charge in [0, 0.05) is 6.04 Å². The maximum atomic E-state index is 8.96.